The molecule has 4 aromatic rings. The number of aromatic carboxylic acids is 1. The molecular weight excluding hydrogens is 404 g/mol. The lowest BCUT2D eigenvalue weighted by Gasteiger charge is -2.08. The van der Waals surface area contributed by atoms with E-state index in [2.05, 4.69) is 4.98 Å². The van der Waals surface area contributed by atoms with Crippen molar-refractivity contribution in [2.24, 2.45) is 0 Å². The monoisotopic (exact) mass is 414 g/mol. The third kappa shape index (κ3) is 3.10. The van der Waals surface area contributed by atoms with Crippen LogP contribution in [0.5, 0.6) is 0 Å². The summed E-state index contributed by atoms with van der Waals surface area (Å²) >= 11 is 12.7. The van der Waals surface area contributed by atoms with Crippen molar-refractivity contribution in [2.75, 3.05) is 0 Å². The van der Waals surface area contributed by atoms with Gasteiger partial charge in [0.05, 0.1) is 16.6 Å². The molecule has 0 radical (unpaired) electrons. The minimum absolute atomic E-state index is 0.139. The third-order valence-electron chi connectivity index (χ3n) is 4.16. The van der Waals surface area contributed by atoms with Crippen LogP contribution in [0.15, 0.2) is 58.7 Å². The fourth-order valence-electron chi connectivity index (χ4n) is 2.85. The lowest BCUT2D eigenvalue weighted by Crippen LogP contribution is -2.20. The van der Waals surface area contributed by atoms with Gasteiger partial charge in [-0.2, -0.15) is 0 Å². The van der Waals surface area contributed by atoms with E-state index in [9.17, 15) is 9.59 Å². The Morgan fingerprint density at radius 2 is 1.78 bits per heavy atom. The zero-order chi connectivity index (χ0) is 19.1. The maximum atomic E-state index is 13.2. The summed E-state index contributed by atoms with van der Waals surface area (Å²) in [7, 11) is 0. The molecule has 2 aromatic heterocycles. The molecule has 0 atom stereocenters. The van der Waals surface area contributed by atoms with Gasteiger partial charge in [0.2, 0.25) is 0 Å². The van der Waals surface area contributed by atoms with Gasteiger partial charge >= 0.3 is 5.97 Å². The van der Waals surface area contributed by atoms with Crippen LogP contribution in [-0.2, 0) is 0 Å². The lowest BCUT2D eigenvalue weighted by atomic mass is 10.1. The number of nitrogens with zero attached hydrogens (tertiary/aromatic N) is 1. The maximum Gasteiger partial charge on any atom is 0.335 e. The van der Waals surface area contributed by atoms with Crippen LogP contribution in [-0.4, -0.2) is 20.6 Å². The van der Waals surface area contributed by atoms with Crippen molar-refractivity contribution >= 4 is 51.3 Å². The summed E-state index contributed by atoms with van der Waals surface area (Å²) in [5.41, 5.74) is 2.05. The SMILES string of the molecule is O=C(O)c1ccc(-n2c(=S)[nH]c3scc(-c4ccc(Cl)cc4)c3c2=O)cc1. The molecule has 0 aliphatic heterocycles. The summed E-state index contributed by atoms with van der Waals surface area (Å²) in [5, 5.41) is 12.1. The molecule has 0 aliphatic carbocycles. The Morgan fingerprint density at radius 3 is 2.41 bits per heavy atom. The molecule has 0 aliphatic rings. The molecule has 0 fully saturated rings. The van der Waals surface area contributed by atoms with Gasteiger partial charge in [-0.05, 0) is 54.2 Å². The average molecular weight is 415 g/mol. The zero-order valence-electron chi connectivity index (χ0n) is 13.6. The standard InChI is InChI=1S/C19H11ClN2O3S2/c20-12-5-1-10(2-6-12)14-9-27-16-15(14)17(23)22(19(26)21-16)13-7-3-11(4-8-13)18(24)25/h1-9H,(H,21,26)(H,24,25). The van der Waals surface area contributed by atoms with Crippen molar-refractivity contribution in [3.8, 4) is 16.8 Å². The number of hydrogen-bond donors (Lipinski definition) is 2. The largest absolute Gasteiger partial charge is 0.478 e. The summed E-state index contributed by atoms with van der Waals surface area (Å²) in [4.78, 5) is 28.1. The molecule has 2 heterocycles. The Bertz CT molecular complexity index is 1290. The van der Waals surface area contributed by atoms with Crippen molar-refractivity contribution < 1.29 is 9.90 Å². The van der Waals surface area contributed by atoms with E-state index in [4.69, 9.17) is 28.9 Å². The minimum atomic E-state index is -1.03. The van der Waals surface area contributed by atoms with E-state index in [0.717, 1.165) is 11.1 Å². The van der Waals surface area contributed by atoms with Crippen LogP contribution in [0.4, 0.5) is 0 Å². The summed E-state index contributed by atoms with van der Waals surface area (Å²) in [6, 6.07) is 13.3. The lowest BCUT2D eigenvalue weighted by molar-refractivity contribution is 0.0697. The Labute approximate surface area is 167 Å². The van der Waals surface area contributed by atoms with Crippen LogP contribution >= 0.6 is 35.2 Å². The molecule has 0 saturated heterocycles. The number of benzene rings is 2. The molecular formula is C19H11ClN2O3S2. The van der Waals surface area contributed by atoms with Gasteiger partial charge in [-0.25, -0.2) is 4.79 Å². The molecule has 27 heavy (non-hydrogen) atoms. The number of fused-ring (bicyclic) bond motifs is 1. The Hall–Kier alpha value is -2.74. The topological polar surface area (TPSA) is 75.1 Å². The number of carboxylic acid groups (broad SMARTS) is 1. The van der Waals surface area contributed by atoms with Gasteiger partial charge in [-0.3, -0.25) is 9.36 Å². The number of rotatable bonds is 3. The highest BCUT2D eigenvalue weighted by molar-refractivity contribution is 7.71. The molecule has 0 amide bonds. The highest BCUT2D eigenvalue weighted by atomic mass is 35.5. The minimum Gasteiger partial charge on any atom is -0.478 e. The van der Waals surface area contributed by atoms with Crippen molar-refractivity contribution in [3.63, 3.8) is 0 Å². The smallest absolute Gasteiger partial charge is 0.335 e. The molecule has 2 N–H and O–H groups in total. The predicted octanol–water partition coefficient (Wildman–Crippen LogP) is 5.13. The van der Waals surface area contributed by atoms with Gasteiger partial charge in [-0.1, -0.05) is 23.7 Å². The molecule has 0 spiro atoms. The van der Waals surface area contributed by atoms with Crippen molar-refractivity contribution in [3.05, 3.63) is 79.6 Å². The maximum absolute atomic E-state index is 13.2. The number of carbonyl (C=O) groups is 1. The second kappa shape index (κ2) is 6.77. The molecule has 4 rings (SSSR count). The summed E-state index contributed by atoms with van der Waals surface area (Å²) in [6.07, 6.45) is 0. The molecule has 0 bridgehead atoms. The van der Waals surface area contributed by atoms with Crippen LogP contribution in [0, 0.1) is 4.77 Å². The van der Waals surface area contributed by atoms with Gasteiger partial charge in [0.15, 0.2) is 4.77 Å². The second-order valence-electron chi connectivity index (χ2n) is 5.78. The van der Waals surface area contributed by atoms with Gasteiger partial charge in [0, 0.05) is 16.0 Å². The van der Waals surface area contributed by atoms with Crippen LogP contribution in [0.2, 0.25) is 5.02 Å². The first-order valence-corrected chi connectivity index (χ1v) is 9.48. The van der Waals surface area contributed by atoms with Crippen molar-refractivity contribution in [1.82, 2.24) is 9.55 Å². The van der Waals surface area contributed by atoms with E-state index in [1.807, 2.05) is 17.5 Å². The summed E-state index contributed by atoms with van der Waals surface area (Å²) < 4.78 is 1.62. The Balaban J connectivity index is 1.96. The number of hydrogen-bond acceptors (Lipinski definition) is 4. The quantitative estimate of drug-likeness (QED) is 0.456. The molecule has 0 unspecified atom stereocenters. The molecule has 0 saturated carbocycles. The van der Waals surface area contributed by atoms with Crippen molar-refractivity contribution in [1.29, 1.82) is 0 Å². The first-order valence-electron chi connectivity index (χ1n) is 7.82. The second-order valence-corrected chi connectivity index (χ2v) is 7.49. The molecule has 5 nitrogen and oxygen atoms in total. The average Bonchev–Trinajstić information content (AvgIpc) is 3.07. The number of aromatic nitrogens is 2. The van der Waals surface area contributed by atoms with Crippen LogP contribution in [0.3, 0.4) is 0 Å². The highest BCUT2D eigenvalue weighted by Gasteiger charge is 2.15. The number of halogens is 1. The van der Waals surface area contributed by atoms with E-state index in [0.29, 0.717) is 20.9 Å². The highest BCUT2D eigenvalue weighted by Crippen LogP contribution is 2.31. The van der Waals surface area contributed by atoms with E-state index in [1.54, 1.807) is 24.3 Å². The Kier molecular flexibility index (Phi) is 4.43. The first kappa shape index (κ1) is 17.7. The molecule has 8 heteroatoms. The van der Waals surface area contributed by atoms with Gasteiger partial charge in [-0.15, -0.1) is 11.3 Å². The Morgan fingerprint density at radius 1 is 1.11 bits per heavy atom. The number of carboxylic acids is 1. The fourth-order valence-corrected chi connectivity index (χ4v) is 4.29. The predicted molar refractivity (Wildman–Crippen MR) is 110 cm³/mol. The molecule has 2 aromatic carbocycles. The van der Waals surface area contributed by atoms with Crippen LogP contribution in [0.1, 0.15) is 10.4 Å². The summed E-state index contributed by atoms with van der Waals surface area (Å²) in [6.45, 7) is 0. The third-order valence-corrected chi connectivity index (χ3v) is 5.59. The van der Waals surface area contributed by atoms with E-state index >= 15 is 0 Å². The van der Waals surface area contributed by atoms with Gasteiger partial charge in [0.1, 0.15) is 4.83 Å². The zero-order valence-corrected chi connectivity index (χ0v) is 16.0. The number of aromatic amines is 1. The van der Waals surface area contributed by atoms with E-state index < -0.39 is 5.97 Å². The van der Waals surface area contributed by atoms with Gasteiger partial charge in [0.25, 0.3) is 5.56 Å². The van der Waals surface area contributed by atoms with E-state index in [-0.39, 0.29) is 15.9 Å². The van der Waals surface area contributed by atoms with Gasteiger partial charge < -0.3 is 10.1 Å². The fraction of sp³-hybridized carbons (Fsp3) is 0. The number of H-pyrrole nitrogens is 1. The van der Waals surface area contributed by atoms with E-state index in [1.165, 1.54) is 28.0 Å². The van der Waals surface area contributed by atoms with Crippen LogP contribution in [0.25, 0.3) is 27.0 Å². The number of thiophene rings is 1. The first-order chi connectivity index (χ1) is 13.0. The van der Waals surface area contributed by atoms with Crippen LogP contribution < -0.4 is 5.56 Å². The summed E-state index contributed by atoms with van der Waals surface area (Å²) in [5.74, 6) is -1.03. The van der Waals surface area contributed by atoms with Crippen molar-refractivity contribution in [2.45, 2.75) is 0 Å². The molecule has 134 valence electrons. The number of nitrogens with one attached hydrogen (secondary N) is 1. The normalized spacial score (nSPS) is 11.0.